The summed E-state index contributed by atoms with van der Waals surface area (Å²) in [5.74, 6) is 0.288. The number of methoxy groups -OCH3 is 1. The molecule has 0 saturated heterocycles. The Labute approximate surface area is 81.4 Å². The number of rotatable bonds is 4. The third-order valence-electron chi connectivity index (χ3n) is 1.38. The molecule has 6 heteroatoms. The van der Waals surface area contributed by atoms with Crippen molar-refractivity contribution >= 4 is 23.8 Å². The van der Waals surface area contributed by atoms with Gasteiger partial charge in [0.1, 0.15) is 0 Å². The lowest BCUT2D eigenvalue weighted by molar-refractivity contribution is -0.121. The van der Waals surface area contributed by atoms with Gasteiger partial charge < -0.3 is 10.5 Å². The number of alkyl carbamates (subject to hydrolysis) is 1. The minimum Gasteiger partial charge on any atom is -0.453 e. The Balaban J connectivity index is 3.75. The molecular formula is C7H14N2O3S. The van der Waals surface area contributed by atoms with Gasteiger partial charge in [-0.25, -0.2) is 4.79 Å². The summed E-state index contributed by atoms with van der Waals surface area (Å²) in [6.07, 6.45) is 1.69. The molecule has 13 heavy (non-hydrogen) atoms. The molecule has 0 aromatic heterocycles. The van der Waals surface area contributed by atoms with Crippen LogP contribution in [0.2, 0.25) is 0 Å². The zero-order valence-corrected chi connectivity index (χ0v) is 8.52. The normalized spacial score (nSPS) is 11.9. The van der Waals surface area contributed by atoms with E-state index in [0.717, 1.165) is 5.75 Å². The molecule has 0 rings (SSSR count). The van der Waals surface area contributed by atoms with E-state index in [1.54, 1.807) is 11.8 Å². The maximum atomic E-state index is 11.1. The fraction of sp³-hybridized carbons (Fsp3) is 0.714. The largest absolute Gasteiger partial charge is 0.453 e. The highest BCUT2D eigenvalue weighted by Gasteiger charge is 2.15. The van der Waals surface area contributed by atoms with Crippen molar-refractivity contribution < 1.29 is 14.3 Å². The number of hydrogen-bond donors (Lipinski definition) is 2. The average Bonchev–Trinajstić information content (AvgIpc) is 2.13. The molecule has 0 aliphatic rings. The Morgan fingerprint density at radius 3 is 2.69 bits per heavy atom. The van der Waals surface area contributed by atoms with Crippen LogP contribution in [0.5, 0.6) is 0 Å². The van der Waals surface area contributed by atoms with Crippen molar-refractivity contribution in [3.05, 3.63) is 0 Å². The lowest BCUT2D eigenvalue weighted by Gasteiger charge is -2.09. The van der Waals surface area contributed by atoms with Crippen LogP contribution in [0.15, 0.2) is 0 Å². The van der Waals surface area contributed by atoms with Crippen LogP contribution in [-0.4, -0.2) is 37.2 Å². The van der Waals surface area contributed by atoms with E-state index >= 15 is 0 Å². The van der Waals surface area contributed by atoms with Gasteiger partial charge in [-0.05, 0) is 18.4 Å². The highest BCUT2D eigenvalue weighted by Crippen LogP contribution is 1.98. The molecule has 0 fully saturated rings. The van der Waals surface area contributed by atoms with E-state index in [1.165, 1.54) is 7.11 Å². The number of imide groups is 1. The molecule has 0 heterocycles. The number of carbonyl (C=O) groups is 2. The van der Waals surface area contributed by atoms with Crippen LogP contribution in [0.25, 0.3) is 0 Å². The fourth-order valence-corrected chi connectivity index (χ4v) is 1.11. The SMILES string of the molecule is COC(=O)NC(=O)[C@H](N)CCSC. The number of carbonyl (C=O) groups excluding carboxylic acids is 2. The summed E-state index contributed by atoms with van der Waals surface area (Å²) >= 11 is 1.60. The predicted molar refractivity (Wildman–Crippen MR) is 51.5 cm³/mol. The maximum absolute atomic E-state index is 11.1. The molecule has 5 nitrogen and oxygen atoms in total. The predicted octanol–water partition coefficient (Wildman–Crippen LogP) is -0.0506. The van der Waals surface area contributed by atoms with Gasteiger partial charge in [0.2, 0.25) is 5.91 Å². The Hall–Kier alpha value is -0.750. The second kappa shape index (κ2) is 6.73. The first-order valence-electron chi connectivity index (χ1n) is 3.75. The molecule has 0 unspecified atom stereocenters. The molecule has 0 radical (unpaired) electrons. The lowest BCUT2D eigenvalue weighted by atomic mass is 10.2. The monoisotopic (exact) mass is 206 g/mol. The Morgan fingerprint density at radius 2 is 2.23 bits per heavy atom. The van der Waals surface area contributed by atoms with Crippen LogP contribution in [-0.2, 0) is 9.53 Å². The van der Waals surface area contributed by atoms with E-state index in [2.05, 4.69) is 4.74 Å². The molecule has 0 spiro atoms. The van der Waals surface area contributed by atoms with Crippen molar-refractivity contribution in [1.29, 1.82) is 0 Å². The summed E-state index contributed by atoms with van der Waals surface area (Å²) in [5, 5.41) is 2.00. The Bertz CT molecular complexity index is 187. The molecule has 0 aliphatic heterocycles. The number of nitrogens with one attached hydrogen (secondary N) is 1. The molecule has 3 N–H and O–H groups in total. The summed E-state index contributed by atoms with van der Waals surface area (Å²) in [5.41, 5.74) is 5.47. The summed E-state index contributed by atoms with van der Waals surface area (Å²) < 4.78 is 4.24. The smallest absolute Gasteiger partial charge is 0.413 e. The quantitative estimate of drug-likeness (QED) is 0.674. The highest BCUT2D eigenvalue weighted by atomic mass is 32.2. The van der Waals surface area contributed by atoms with Crippen molar-refractivity contribution in [3.63, 3.8) is 0 Å². The maximum Gasteiger partial charge on any atom is 0.413 e. The first kappa shape index (κ1) is 12.2. The van der Waals surface area contributed by atoms with E-state index in [9.17, 15) is 9.59 Å². The minimum atomic E-state index is -0.774. The standard InChI is InChI=1S/C7H14N2O3S/c1-12-7(11)9-6(10)5(8)3-4-13-2/h5H,3-4,8H2,1-2H3,(H,9,10,11)/t5-/m1/s1. The topological polar surface area (TPSA) is 81.4 Å². The van der Waals surface area contributed by atoms with Crippen LogP contribution < -0.4 is 11.1 Å². The van der Waals surface area contributed by atoms with Crippen LogP contribution in [0.1, 0.15) is 6.42 Å². The zero-order chi connectivity index (χ0) is 10.3. The van der Waals surface area contributed by atoms with E-state index in [-0.39, 0.29) is 0 Å². The summed E-state index contributed by atoms with van der Waals surface area (Å²) in [4.78, 5) is 21.7. The van der Waals surface area contributed by atoms with Crippen molar-refractivity contribution in [3.8, 4) is 0 Å². The highest BCUT2D eigenvalue weighted by molar-refractivity contribution is 7.98. The number of nitrogens with two attached hydrogens (primary N) is 1. The van der Waals surface area contributed by atoms with Gasteiger partial charge >= 0.3 is 6.09 Å². The first-order valence-corrected chi connectivity index (χ1v) is 5.14. The van der Waals surface area contributed by atoms with E-state index in [0.29, 0.717) is 6.42 Å². The van der Waals surface area contributed by atoms with Crippen molar-refractivity contribution in [2.24, 2.45) is 5.73 Å². The van der Waals surface area contributed by atoms with Crippen molar-refractivity contribution in [2.75, 3.05) is 19.1 Å². The summed E-state index contributed by atoms with van der Waals surface area (Å²) in [7, 11) is 1.19. The van der Waals surface area contributed by atoms with Gasteiger partial charge in [-0.3, -0.25) is 10.1 Å². The lowest BCUT2D eigenvalue weighted by Crippen LogP contribution is -2.43. The molecule has 0 saturated carbocycles. The number of thioether (sulfide) groups is 1. The summed E-state index contributed by atoms with van der Waals surface area (Å²) in [6, 6.07) is -0.647. The molecular weight excluding hydrogens is 192 g/mol. The van der Waals surface area contributed by atoms with Gasteiger partial charge in [0, 0.05) is 0 Å². The molecule has 0 aromatic rings. The first-order chi connectivity index (χ1) is 6.11. The molecule has 0 aromatic carbocycles. The second-order valence-corrected chi connectivity index (χ2v) is 3.35. The molecule has 2 amide bonds. The van der Waals surface area contributed by atoms with E-state index in [1.807, 2.05) is 11.6 Å². The molecule has 0 aliphatic carbocycles. The number of hydrogen-bond acceptors (Lipinski definition) is 5. The number of ether oxygens (including phenoxy) is 1. The third kappa shape index (κ3) is 5.48. The third-order valence-corrected chi connectivity index (χ3v) is 2.02. The molecule has 76 valence electrons. The van der Waals surface area contributed by atoms with Crippen LogP contribution in [0.3, 0.4) is 0 Å². The van der Waals surface area contributed by atoms with Crippen molar-refractivity contribution in [2.45, 2.75) is 12.5 Å². The minimum absolute atomic E-state index is 0.499. The van der Waals surface area contributed by atoms with Gasteiger partial charge in [-0.15, -0.1) is 0 Å². The zero-order valence-electron chi connectivity index (χ0n) is 7.70. The van der Waals surface area contributed by atoms with E-state index in [4.69, 9.17) is 5.73 Å². The van der Waals surface area contributed by atoms with Crippen molar-refractivity contribution in [1.82, 2.24) is 5.32 Å². The van der Waals surface area contributed by atoms with Gasteiger partial charge in [-0.2, -0.15) is 11.8 Å². The van der Waals surface area contributed by atoms with Gasteiger partial charge in [-0.1, -0.05) is 0 Å². The van der Waals surface area contributed by atoms with Crippen LogP contribution in [0, 0.1) is 0 Å². The second-order valence-electron chi connectivity index (χ2n) is 2.37. The molecule has 1 atom stereocenters. The van der Waals surface area contributed by atoms with Crippen LogP contribution in [0.4, 0.5) is 4.79 Å². The van der Waals surface area contributed by atoms with Crippen LogP contribution >= 0.6 is 11.8 Å². The van der Waals surface area contributed by atoms with E-state index < -0.39 is 18.0 Å². The fourth-order valence-electron chi connectivity index (χ4n) is 0.620. The van der Waals surface area contributed by atoms with Gasteiger partial charge in [0.25, 0.3) is 0 Å². The van der Waals surface area contributed by atoms with Gasteiger partial charge in [0.05, 0.1) is 13.2 Å². The Kier molecular flexibility index (Phi) is 6.34. The number of amides is 2. The average molecular weight is 206 g/mol. The summed E-state index contributed by atoms with van der Waals surface area (Å²) in [6.45, 7) is 0. The molecule has 0 bridgehead atoms. The Morgan fingerprint density at radius 1 is 1.62 bits per heavy atom. The van der Waals surface area contributed by atoms with Gasteiger partial charge in [0.15, 0.2) is 0 Å².